The predicted molar refractivity (Wildman–Crippen MR) is 67.9 cm³/mol. The molecule has 3 rings (SSSR count). The van der Waals surface area contributed by atoms with Crippen LogP contribution in [-0.4, -0.2) is 30.4 Å². The predicted octanol–water partition coefficient (Wildman–Crippen LogP) is 1.89. The number of hydrogen-bond acceptors (Lipinski definition) is 2. The molecule has 0 aromatic heterocycles. The lowest BCUT2D eigenvalue weighted by Crippen LogP contribution is -2.40. The van der Waals surface area contributed by atoms with Crippen LogP contribution in [0, 0.1) is 5.92 Å². The number of para-hydroxylation sites is 1. The van der Waals surface area contributed by atoms with Gasteiger partial charge in [0.15, 0.2) is 0 Å². The van der Waals surface area contributed by atoms with Crippen molar-refractivity contribution in [1.29, 1.82) is 0 Å². The van der Waals surface area contributed by atoms with Crippen LogP contribution in [0.5, 0.6) is 0 Å². The van der Waals surface area contributed by atoms with Gasteiger partial charge in [-0.15, -0.1) is 0 Å². The molecule has 1 atom stereocenters. The van der Waals surface area contributed by atoms with E-state index in [9.17, 15) is 4.79 Å². The van der Waals surface area contributed by atoms with Gasteiger partial charge in [-0.1, -0.05) is 18.2 Å². The Kier molecular flexibility index (Phi) is 2.54. The molecular formula is C14H18N2O. The van der Waals surface area contributed by atoms with Crippen molar-refractivity contribution in [2.75, 3.05) is 18.9 Å². The smallest absolute Gasteiger partial charge is 0.245 e. The summed E-state index contributed by atoms with van der Waals surface area (Å²) < 4.78 is 0. The third-order valence-corrected chi connectivity index (χ3v) is 3.67. The quantitative estimate of drug-likeness (QED) is 0.860. The van der Waals surface area contributed by atoms with E-state index in [1.165, 1.54) is 18.4 Å². The highest BCUT2D eigenvalue weighted by molar-refractivity contribution is 5.87. The summed E-state index contributed by atoms with van der Waals surface area (Å²) in [5.41, 5.74) is 2.37. The van der Waals surface area contributed by atoms with Crippen LogP contribution in [0.2, 0.25) is 0 Å². The maximum Gasteiger partial charge on any atom is 0.245 e. The molecule has 1 N–H and O–H groups in total. The van der Waals surface area contributed by atoms with Gasteiger partial charge in [-0.05, 0) is 30.4 Å². The Hall–Kier alpha value is -1.51. The number of hydrogen-bond donors (Lipinski definition) is 1. The van der Waals surface area contributed by atoms with E-state index in [2.05, 4.69) is 11.4 Å². The molecule has 0 unspecified atom stereocenters. The van der Waals surface area contributed by atoms with Gasteiger partial charge < -0.3 is 10.2 Å². The van der Waals surface area contributed by atoms with Crippen LogP contribution in [0.25, 0.3) is 0 Å². The summed E-state index contributed by atoms with van der Waals surface area (Å²) in [5.74, 6) is 0.987. The third-order valence-electron chi connectivity index (χ3n) is 3.67. The molecule has 1 amide bonds. The number of carbonyl (C=O) groups excluding carboxylic acids is 1. The van der Waals surface area contributed by atoms with Crippen molar-refractivity contribution >= 4 is 11.6 Å². The number of anilines is 1. The average Bonchev–Trinajstić information content (AvgIpc) is 3.04. The molecule has 1 saturated carbocycles. The van der Waals surface area contributed by atoms with E-state index in [-0.39, 0.29) is 11.9 Å². The van der Waals surface area contributed by atoms with Crippen LogP contribution in [0.4, 0.5) is 5.69 Å². The van der Waals surface area contributed by atoms with E-state index in [0.717, 1.165) is 24.6 Å². The summed E-state index contributed by atoms with van der Waals surface area (Å²) in [6, 6.07) is 8.12. The second-order valence-electron chi connectivity index (χ2n) is 5.22. The van der Waals surface area contributed by atoms with Crippen molar-refractivity contribution in [3.63, 3.8) is 0 Å². The molecule has 3 heteroatoms. The monoisotopic (exact) mass is 230 g/mol. The fourth-order valence-corrected chi connectivity index (χ4v) is 2.49. The van der Waals surface area contributed by atoms with Gasteiger partial charge in [-0.3, -0.25) is 4.79 Å². The number of likely N-dealkylation sites (N-methyl/N-ethyl adjacent to an activating group) is 1. The maximum atomic E-state index is 12.2. The van der Waals surface area contributed by atoms with Gasteiger partial charge in [0.2, 0.25) is 5.91 Å². The van der Waals surface area contributed by atoms with Gasteiger partial charge >= 0.3 is 0 Å². The van der Waals surface area contributed by atoms with Crippen molar-refractivity contribution in [3.05, 3.63) is 29.8 Å². The van der Waals surface area contributed by atoms with Crippen LogP contribution in [0.15, 0.2) is 24.3 Å². The van der Waals surface area contributed by atoms with E-state index < -0.39 is 0 Å². The van der Waals surface area contributed by atoms with E-state index in [1.807, 2.05) is 30.1 Å². The molecule has 0 radical (unpaired) electrons. The molecular weight excluding hydrogens is 212 g/mol. The van der Waals surface area contributed by atoms with Gasteiger partial charge in [0, 0.05) is 25.7 Å². The van der Waals surface area contributed by atoms with E-state index >= 15 is 0 Å². The Balaban J connectivity index is 1.65. The number of benzene rings is 1. The van der Waals surface area contributed by atoms with Crippen LogP contribution >= 0.6 is 0 Å². The van der Waals surface area contributed by atoms with Gasteiger partial charge in [-0.2, -0.15) is 0 Å². The first-order valence-corrected chi connectivity index (χ1v) is 6.33. The molecule has 0 spiro atoms. The highest BCUT2D eigenvalue weighted by Gasteiger charge is 2.31. The summed E-state index contributed by atoms with van der Waals surface area (Å²) in [6.07, 6.45) is 3.40. The lowest BCUT2D eigenvalue weighted by atomic mass is 10.1. The molecule has 1 fully saturated rings. The molecule has 0 saturated heterocycles. The summed E-state index contributed by atoms with van der Waals surface area (Å²) >= 11 is 0. The average molecular weight is 230 g/mol. The minimum atomic E-state index is -0.0591. The van der Waals surface area contributed by atoms with Gasteiger partial charge in [-0.25, -0.2) is 0 Å². The molecule has 1 aliphatic carbocycles. The molecule has 2 aliphatic rings. The normalized spacial score (nSPS) is 21.8. The zero-order chi connectivity index (χ0) is 11.8. The van der Waals surface area contributed by atoms with Gasteiger partial charge in [0.25, 0.3) is 0 Å². The standard InChI is InChI=1S/C14H18N2O/c1-16(9-10-6-7-10)14(17)13-8-11-4-2-3-5-12(11)15-13/h2-5,10,13,15H,6-9H2,1H3/t13-/m0/s1. The minimum Gasteiger partial charge on any atom is -0.373 e. The number of rotatable bonds is 3. The van der Waals surface area contributed by atoms with Crippen molar-refractivity contribution in [2.45, 2.75) is 25.3 Å². The highest BCUT2D eigenvalue weighted by atomic mass is 16.2. The Morgan fingerprint density at radius 1 is 1.41 bits per heavy atom. The second kappa shape index (κ2) is 4.06. The Morgan fingerprint density at radius 3 is 2.88 bits per heavy atom. The zero-order valence-corrected chi connectivity index (χ0v) is 10.1. The SMILES string of the molecule is CN(CC1CC1)C(=O)[C@@H]1Cc2ccccc2N1. The first-order valence-electron chi connectivity index (χ1n) is 6.33. The van der Waals surface area contributed by atoms with Crippen molar-refractivity contribution in [1.82, 2.24) is 4.90 Å². The number of fused-ring (bicyclic) bond motifs is 1. The summed E-state index contributed by atoms with van der Waals surface area (Å²) in [6.45, 7) is 0.924. The number of nitrogens with zero attached hydrogens (tertiary/aromatic N) is 1. The number of nitrogens with one attached hydrogen (secondary N) is 1. The topological polar surface area (TPSA) is 32.3 Å². The second-order valence-corrected chi connectivity index (χ2v) is 5.22. The molecule has 1 heterocycles. The molecule has 1 aliphatic heterocycles. The van der Waals surface area contributed by atoms with Crippen molar-refractivity contribution in [3.8, 4) is 0 Å². The third kappa shape index (κ3) is 2.14. The molecule has 17 heavy (non-hydrogen) atoms. The first kappa shape index (κ1) is 10.6. The molecule has 0 bridgehead atoms. The lowest BCUT2D eigenvalue weighted by molar-refractivity contribution is -0.130. The van der Waals surface area contributed by atoms with Crippen LogP contribution in [0.1, 0.15) is 18.4 Å². The molecule has 1 aromatic carbocycles. The van der Waals surface area contributed by atoms with Crippen LogP contribution in [-0.2, 0) is 11.2 Å². The number of carbonyl (C=O) groups is 1. The molecule has 3 nitrogen and oxygen atoms in total. The first-order chi connectivity index (χ1) is 8.24. The van der Waals surface area contributed by atoms with Crippen molar-refractivity contribution < 1.29 is 4.79 Å². The summed E-state index contributed by atoms with van der Waals surface area (Å²) in [4.78, 5) is 14.1. The molecule has 90 valence electrons. The van der Waals surface area contributed by atoms with E-state index in [4.69, 9.17) is 0 Å². The van der Waals surface area contributed by atoms with E-state index in [1.54, 1.807) is 0 Å². The molecule has 1 aromatic rings. The fourth-order valence-electron chi connectivity index (χ4n) is 2.49. The van der Waals surface area contributed by atoms with Crippen molar-refractivity contribution in [2.24, 2.45) is 5.92 Å². The van der Waals surface area contributed by atoms with Crippen LogP contribution in [0.3, 0.4) is 0 Å². The Labute approximate surface area is 102 Å². The largest absolute Gasteiger partial charge is 0.373 e. The van der Waals surface area contributed by atoms with Gasteiger partial charge in [0.05, 0.1) is 0 Å². The maximum absolute atomic E-state index is 12.2. The highest BCUT2D eigenvalue weighted by Crippen LogP contribution is 2.30. The van der Waals surface area contributed by atoms with Gasteiger partial charge in [0.1, 0.15) is 6.04 Å². The minimum absolute atomic E-state index is 0.0591. The zero-order valence-electron chi connectivity index (χ0n) is 10.1. The number of amides is 1. The summed E-state index contributed by atoms with van der Waals surface area (Å²) in [7, 11) is 1.92. The Bertz CT molecular complexity index is 415. The fraction of sp³-hybridized carbons (Fsp3) is 0.500. The van der Waals surface area contributed by atoms with Crippen LogP contribution < -0.4 is 5.32 Å². The van der Waals surface area contributed by atoms with E-state index in [0.29, 0.717) is 0 Å². The summed E-state index contributed by atoms with van der Waals surface area (Å²) in [5, 5.41) is 3.32. The Morgan fingerprint density at radius 2 is 2.18 bits per heavy atom. The lowest BCUT2D eigenvalue weighted by Gasteiger charge is -2.21.